The number of nitrogens with two attached hydrogens (primary N) is 1. The minimum atomic E-state index is 0.597. The Morgan fingerprint density at radius 1 is 1.30 bits per heavy atom. The summed E-state index contributed by atoms with van der Waals surface area (Å²) in [6, 6.07) is 7.21. The average Bonchev–Trinajstić information content (AvgIpc) is 2.42. The molecule has 2 aliphatic heterocycles. The highest BCUT2D eigenvalue weighted by atomic mass is 35.5. The van der Waals surface area contributed by atoms with E-state index in [1.54, 1.807) is 0 Å². The molecule has 2 fully saturated rings. The van der Waals surface area contributed by atoms with E-state index in [1.165, 1.54) is 44.5 Å². The fraction of sp³-hybridized carbons (Fsp3) is 0.625. The summed E-state index contributed by atoms with van der Waals surface area (Å²) in [5, 5.41) is 0.719. The maximum absolute atomic E-state index is 6.09. The molecule has 0 bridgehead atoms. The quantitative estimate of drug-likeness (QED) is 0.851. The van der Waals surface area contributed by atoms with Crippen LogP contribution < -0.4 is 5.73 Å². The smallest absolute Gasteiger partial charge is 0.0426 e. The maximum Gasteiger partial charge on any atom is 0.0426 e. The molecule has 3 nitrogen and oxygen atoms in total. The third-order valence-electron chi connectivity index (χ3n) is 4.80. The van der Waals surface area contributed by atoms with Crippen LogP contribution in [0.5, 0.6) is 0 Å². The van der Waals surface area contributed by atoms with Crippen LogP contribution in [0.15, 0.2) is 18.2 Å². The molecular weight excluding hydrogens is 270 g/mol. The second kappa shape index (κ2) is 5.92. The van der Waals surface area contributed by atoms with E-state index in [0.717, 1.165) is 23.3 Å². The highest BCUT2D eigenvalue weighted by molar-refractivity contribution is 6.30. The van der Waals surface area contributed by atoms with E-state index in [-0.39, 0.29) is 0 Å². The summed E-state index contributed by atoms with van der Waals surface area (Å²) in [6.07, 6.45) is 4.10. The molecule has 2 unspecified atom stereocenters. The van der Waals surface area contributed by atoms with E-state index in [4.69, 9.17) is 17.3 Å². The van der Waals surface area contributed by atoms with Gasteiger partial charge in [0, 0.05) is 42.4 Å². The van der Waals surface area contributed by atoms with Crippen molar-refractivity contribution in [3.05, 3.63) is 28.8 Å². The zero-order chi connectivity index (χ0) is 14.1. The number of nitrogen functional groups attached to an aromatic ring is 1. The molecule has 0 radical (unpaired) electrons. The summed E-state index contributed by atoms with van der Waals surface area (Å²) in [5.41, 5.74) is 8.11. The first-order chi connectivity index (χ1) is 9.63. The Kier molecular flexibility index (Phi) is 4.20. The predicted octanol–water partition coefficient (Wildman–Crippen LogP) is 2.98. The standard InChI is InChI=1S/C16H24ClN3/c1-12-9-19-7-3-2-4-15(19)11-20(12)10-13-5-6-14(17)8-16(13)18/h5-6,8,12,15H,2-4,7,9-11,18H2,1H3. The first-order valence-corrected chi connectivity index (χ1v) is 8.03. The van der Waals surface area contributed by atoms with Crippen molar-refractivity contribution in [3.63, 3.8) is 0 Å². The molecule has 1 aromatic rings. The van der Waals surface area contributed by atoms with E-state index in [9.17, 15) is 0 Å². The third kappa shape index (κ3) is 2.95. The van der Waals surface area contributed by atoms with Crippen molar-refractivity contribution in [3.8, 4) is 0 Å². The van der Waals surface area contributed by atoms with Gasteiger partial charge < -0.3 is 5.73 Å². The van der Waals surface area contributed by atoms with Crippen LogP contribution in [0.4, 0.5) is 5.69 Å². The van der Waals surface area contributed by atoms with Crippen molar-refractivity contribution in [1.82, 2.24) is 9.80 Å². The van der Waals surface area contributed by atoms with Gasteiger partial charge in [0.2, 0.25) is 0 Å². The second-order valence-corrected chi connectivity index (χ2v) is 6.70. The van der Waals surface area contributed by atoms with Gasteiger partial charge >= 0.3 is 0 Å². The largest absolute Gasteiger partial charge is 0.398 e. The number of halogens is 1. The van der Waals surface area contributed by atoms with E-state index >= 15 is 0 Å². The van der Waals surface area contributed by atoms with Gasteiger partial charge in [-0.3, -0.25) is 9.80 Å². The summed E-state index contributed by atoms with van der Waals surface area (Å²) in [4.78, 5) is 5.25. The van der Waals surface area contributed by atoms with Crippen molar-refractivity contribution in [2.75, 3.05) is 25.4 Å². The molecule has 110 valence electrons. The number of piperidine rings is 1. The number of piperazine rings is 1. The molecule has 20 heavy (non-hydrogen) atoms. The number of benzene rings is 1. The summed E-state index contributed by atoms with van der Waals surface area (Å²) < 4.78 is 0. The second-order valence-electron chi connectivity index (χ2n) is 6.27. The first kappa shape index (κ1) is 14.2. The van der Waals surface area contributed by atoms with Crippen LogP contribution in [0, 0.1) is 0 Å². The Labute approximate surface area is 126 Å². The van der Waals surface area contributed by atoms with Crippen molar-refractivity contribution in [2.24, 2.45) is 0 Å². The molecule has 0 spiro atoms. The van der Waals surface area contributed by atoms with Crippen molar-refractivity contribution < 1.29 is 0 Å². The van der Waals surface area contributed by atoms with Crippen LogP contribution in [0.3, 0.4) is 0 Å². The number of fused-ring (bicyclic) bond motifs is 1. The molecule has 2 saturated heterocycles. The Balaban J connectivity index is 1.70. The summed E-state index contributed by atoms with van der Waals surface area (Å²) in [7, 11) is 0. The van der Waals surface area contributed by atoms with Gasteiger partial charge in [0.25, 0.3) is 0 Å². The van der Waals surface area contributed by atoms with Crippen LogP contribution in [0.1, 0.15) is 31.7 Å². The number of hydrogen-bond acceptors (Lipinski definition) is 3. The van der Waals surface area contributed by atoms with Gasteiger partial charge in [0.05, 0.1) is 0 Å². The van der Waals surface area contributed by atoms with E-state index in [2.05, 4.69) is 22.8 Å². The van der Waals surface area contributed by atoms with E-state index in [0.29, 0.717) is 6.04 Å². The molecule has 4 heteroatoms. The van der Waals surface area contributed by atoms with Crippen molar-refractivity contribution in [2.45, 2.75) is 44.8 Å². The Morgan fingerprint density at radius 3 is 2.95 bits per heavy atom. The Morgan fingerprint density at radius 2 is 2.15 bits per heavy atom. The van der Waals surface area contributed by atoms with Gasteiger partial charge in [0.15, 0.2) is 0 Å². The molecule has 0 aromatic heterocycles. The summed E-state index contributed by atoms with van der Waals surface area (Å²) in [5.74, 6) is 0. The van der Waals surface area contributed by atoms with Crippen LogP contribution in [-0.2, 0) is 6.54 Å². The maximum atomic E-state index is 6.09. The van der Waals surface area contributed by atoms with E-state index < -0.39 is 0 Å². The predicted molar refractivity (Wildman–Crippen MR) is 84.9 cm³/mol. The molecular formula is C16H24ClN3. The third-order valence-corrected chi connectivity index (χ3v) is 5.03. The molecule has 1 aromatic carbocycles. The first-order valence-electron chi connectivity index (χ1n) is 7.65. The zero-order valence-electron chi connectivity index (χ0n) is 12.2. The molecule has 2 atom stereocenters. The van der Waals surface area contributed by atoms with E-state index in [1.807, 2.05) is 12.1 Å². The van der Waals surface area contributed by atoms with Gasteiger partial charge in [-0.15, -0.1) is 0 Å². The minimum Gasteiger partial charge on any atom is -0.398 e. The molecule has 2 heterocycles. The minimum absolute atomic E-state index is 0.597. The molecule has 0 aliphatic carbocycles. The highest BCUT2D eigenvalue weighted by Crippen LogP contribution is 2.27. The number of nitrogens with zero attached hydrogens (tertiary/aromatic N) is 2. The number of rotatable bonds is 2. The van der Waals surface area contributed by atoms with Crippen LogP contribution in [-0.4, -0.2) is 41.5 Å². The van der Waals surface area contributed by atoms with Crippen molar-refractivity contribution in [1.29, 1.82) is 0 Å². The van der Waals surface area contributed by atoms with Gasteiger partial charge in [-0.25, -0.2) is 0 Å². The number of anilines is 1. The monoisotopic (exact) mass is 293 g/mol. The fourth-order valence-corrected chi connectivity index (χ4v) is 3.74. The lowest BCUT2D eigenvalue weighted by atomic mass is 9.96. The highest BCUT2D eigenvalue weighted by Gasteiger charge is 2.32. The molecule has 3 rings (SSSR count). The summed E-state index contributed by atoms with van der Waals surface area (Å²) >= 11 is 5.98. The molecule has 0 amide bonds. The van der Waals surface area contributed by atoms with Crippen molar-refractivity contribution >= 4 is 17.3 Å². The van der Waals surface area contributed by atoms with Gasteiger partial charge in [-0.1, -0.05) is 24.1 Å². The van der Waals surface area contributed by atoms with Crippen LogP contribution in [0.25, 0.3) is 0 Å². The SMILES string of the molecule is CC1CN2CCCCC2CN1Cc1ccc(Cl)cc1N. The fourth-order valence-electron chi connectivity index (χ4n) is 3.56. The van der Waals surface area contributed by atoms with Gasteiger partial charge in [-0.05, 0) is 44.0 Å². The molecule has 2 aliphatic rings. The lowest BCUT2D eigenvalue weighted by Gasteiger charge is -2.47. The average molecular weight is 294 g/mol. The number of hydrogen-bond donors (Lipinski definition) is 1. The van der Waals surface area contributed by atoms with Crippen LogP contribution in [0.2, 0.25) is 5.02 Å². The van der Waals surface area contributed by atoms with Gasteiger partial charge in [0.1, 0.15) is 0 Å². The van der Waals surface area contributed by atoms with Crippen LogP contribution >= 0.6 is 11.6 Å². The lowest BCUT2D eigenvalue weighted by Crippen LogP contribution is -2.58. The lowest BCUT2D eigenvalue weighted by molar-refractivity contribution is 0.0112. The Bertz CT molecular complexity index is 477. The summed E-state index contributed by atoms with van der Waals surface area (Å²) in [6.45, 7) is 6.92. The normalized spacial score (nSPS) is 28.3. The molecule has 0 saturated carbocycles. The topological polar surface area (TPSA) is 32.5 Å². The zero-order valence-corrected chi connectivity index (χ0v) is 12.9. The Hall–Kier alpha value is -0.770. The molecule has 2 N–H and O–H groups in total. The van der Waals surface area contributed by atoms with Gasteiger partial charge in [-0.2, -0.15) is 0 Å².